The Kier molecular flexibility index (Phi) is 1.57. The zero-order valence-electron chi connectivity index (χ0n) is 8.38. The fourth-order valence-corrected chi connectivity index (χ4v) is 2.37. The van der Waals surface area contributed by atoms with Crippen LogP contribution in [0.4, 0.5) is 5.82 Å². The first kappa shape index (κ1) is 7.92. The van der Waals surface area contributed by atoms with Gasteiger partial charge in [-0.05, 0) is 18.9 Å². The van der Waals surface area contributed by atoms with Crippen LogP contribution in [0.3, 0.4) is 0 Å². The minimum Gasteiger partial charge on any atom is -0.361 e. The number of anilines is 1. The normalized spacial score (nSPS) is 15.9. The molecule has 0 fully saturated rings. The highest BCUT2D eigenvalue weighted by Crippen LogP contribution is 2.32. The van der Waals surface area contributed by atoms with E-state index >= 15 is 0 Å². The van der Waals surface area contributed by atoms with E-state index in [0.29, 0.717) is 0 Å². The van der Waals surface area contributed by atoms with Gasteiger partial charge in [0.2, 0.25) is 0 Å². The fourth-order valence-electron chi connectivity index (χ4n) is 2.37. The average Bonchev–Trinajstić information content (AvgIpc) is 2.59. The van der Waals surface area contributed by atoms with Crippen LogP contribution in [-0.2, 0) is 6.42 Å². The number of H-pyrrole nitrogens is 1. The Balaban J connectivity index is 2.32. The monoisotopic (exact) mass is 186 g/mol. The summed E-state index contributed by atoms with van der Waals surface area (Å²) in [7, 11) is 2.16. The molecule has 0 spiro atoms. The molecule has 14 heavy (non-hydrogen) atoms. The van der Waals surface area contributed by atoms with E-state index in [1.807, 2.05) is 0 Å². The van der Waals surface area contributed by atoms with E-state index in [-0.39, 0.29) is 0 Å². The number of hydrogen-bond donors (Lipinski definition) is 1. The Morgan fingerprint density at radius 3 is 3.07 bits per heavy atom. The molecule has 2 heteroatoms. The standard InChI is InChI=1S/C12H14N2/c1-14-8-4-6-10-9-5-2-3-7-11(9)13-12(10)14/h2-3,5,7,13H,4,6,8H2,1H3. The lowest BCUT2D eigenvalue weighted by Gasteiger charge is -2.24. The number of aromatic nitrogens is 1. The van der Waals surface area contributed by atoms with E-state index in [1.54, 1.807) is 0 Å². The molecule has 0 radical (unpaired) electrons. The molecule has 1 aliphatic rings. The average molecular weight is 186 g/mol. The maximum Gasteiger partial charge on any atom is 0.109 e. The first-order chi connectivity index (χ1) is 6.86. The number of hydrogen-bond acceptors (Lipinski definition) is 1. The van der Waals surface area contributed by atoms with Crippen LogP contribution in [-0.4, -0.2) is 18.6 Å². The molecule has 3 rings (SSSR count). The van der Waals surface area contributed by atoms with Crippen LogP contribution < -0.4 is 4.90 Å². The maximum atomic E-state index is 3.49. The van der Waals surface area contributed by atoms with Crippen molar-refractivity contribution in [3.05, 3.63) is 29.8 Å². The van der Waals surface area contributed by atoms with Crippen LogP contribution in [0.5, 0.6) is 0 Å². The number of fused-ring (bicyclic) bond motifs is 3. The Morgan fingerprint density at radius 1 is 1.29 bits per heavy atom. The van der Waals surface area contributed by atoms with Gasteiger partial charge in [0.25, 0.3) is 0 Å². The van der Waals surface area contributed by atoms with Gasteiger partial charge in [-0.15, -0.1) is 0 Å². The van der Waals surface area contributed by atoms with Crippen molar-refractivity contribution in [3.8, 4) is 0 Å². The maximum absolute atomic E-state index is 3.49. The molecule has 0 bridgehead atoms. The summed E-state index contributed by atoms with van der Waals surface area (Å²) in [6.07, 6.45) is 2.48. The molecule has 0 atom stereocenters. The van der Waals surface area contributed by atoms with E-state index in [9.17, 15) is 0 Å². The van der Waals surface area contributed by atoms with Crippen LogP contribution in [0.1, 0.15) is 12.0 Å². The molecule has 72 valence electrons. The van der Waals surface area contributed by atoms with Crippen LogP contribution in [0.25, 0.3) is 10.9 Å². The van der Waals surface area contributed by atoms with Gasteiger partial charge in [0.1, 0.15) is 5.82 Å². The van der Waals surface area contributed by atoms with Crippen molar-refractivity contribution in [1.82, 2.24) is 4.98 Å². The number of nitrogens with one attached hydrogen (secondary N) is 1. The van der Waals surface area contributed by atoms with Crippen molar-refractivity contribution in [2.45, 2.75) is 12.8 Å². The predicted molar refractivity (Wildman–Crippen MR) is 59.9 cm³/mol. The smallest absolute Gasteiger partial charge is 0.109 e. The Bertz CT molecular complexity index is 470. The molecule has 1 N–H and O–H groups in total. The number of benzene rings is 1. The van der Waals surface area contributed by atoms with Gasteiger partial charge in [-0.3, -0.25) is 0 Å². The molecular weight excluding hydrogens is 172 g/mol. The van der Waals surface area contributed by atoms with Gasteiger partial charge in [0.05, 0.1) is 0 Å². The summed E-state index contributed by atoms with van der Waals surface area (Å²) in [6, 6.07) is 8.57. The molecule has 0 saturated heterocycles. The summed E-state index contributed by atoms with van der Waals surface area (Å²) >= 11 is 0. The SMILES string of the molecule is CN1CCCc2c1[nH]c1ccccc21. The number of aromatic amines is 1. The Labute approximate surface area is 83.5 Å². The van der Waals surface area contributed by atoms with Crippen LogP contribution in [0.2, 0.25) is 0 Å². The van der Waals surface area contributed by atoms with Crippen LogP contribution in [0, 0.1) is 0 Å². The van der Waals surface area contributed by atoms with Crippen molar-refractivity contribution in [2.24, 2.45) is 0 Å². The second-order valence-electron chi connectivity index (χ2n) is 4.02. The number of para-hydroxylation sites is 1. The minimum absolute atomic E-state index is 1.17. The van der Waals surface area contributed by atoms with Crippen molar-refractivity contribution in [3.63, 3.8) is 0 Å². The summed E-state index contributed by atoms with van der Waals surface area (Å²) in [4.78, 5) is 5.81. The summed E-state index contributed by atoms with van der Waals surface area (Å²) in [5, 5.41) is 1.40. The number of nitrogens with zero attached hydrogens (tertiary/aromatic N) is 1. The summed E-state index contributed by atoms with van der Waals surface area (Å²) in [6.45, 7) is 1.17. The van der Waals surface area contributed by atoms with E-state index in [1.165, 1.54) is 41.7 Å². The highest BCUT2D eigenvalue weighted by atomic mass is 15.2. The van der Waals surface area contributed by atoms with E-state index in [4.69, 9.17) is 0 Å². The molecule has 2 aromatic rings. The molecule has 1 aliphatic heterocycles. The lowest BCUT2D eigenvalue weighted by Crippen LogP contribution is -2.24. The van der Waals surface area contributed by atoms with Crippen molar-refractivity contribution in [1.29, 1.82) is 0 Å². The fraction of sp³-hybridized carbons (Fsp3) is 0.333. The molecule has 1 aromatic carbocycles. The van der Waals surface area contributed by atoms with Gasteiger partial charge < -0.3 is 9.88 Å². The third kappa shape index (κ3) is 0.969. The quantitative estimate of drug-likeness (QED) is 0.670. The lowest BCUT2D eigenvalue weighted by atomic mass is 10.0. The zero-order chi connectivity index (χ0) is 9.54. The van der Waals surface area contributed by atoms with E-state index in [2.05, 4.69) is 41.2 Å². The zero-order valence-corrected chi connectivity index (χ0v) is 8.38. The number of rotatable bonds is 0. The molecule has 0 unspecified atom stereocenters. The van der Waals surface area contributed by atoms with Gasteiger partial charge in [-0.1, -0.05) is 18.2 Å². The van der Waals surface area contributed by atoms with Crippen molar-refractivity contribution in [2.75, 3.05) is 18.5 Å². The van der Waals surface area contributed by atoms with E-state index < -0.39 is 0 Å². The third-order valence-corrected chi connectivity index (χ3v) is 3.09. The molecule has 0 amide bonds. The van der Waals surface area contributed by atoms with Gasteiger partial charge >= 0.3 is 0 Å². The summed E-state index contributed by atoms with van der Waals surface area (Å²) in [5.74, 6) is 1.32. The highest BCUT2D eigenvalue weighted by molar-refractivity contribution is 5.89. The summed E-state index contributed by atoms with van der Waals surface area (Å²) < 4.78 is 0. The third-order valence-electron chi connectivity index (χ3n) is 3.09. The predicted octanol–water partition coefficient (Wildman–Crippen LogP) is 2.55. The second kappa shape index (κ2) is 2.77. The van der Waals surface area contributed by atoms with E-state index in [0.717, 1.165) is 0 Å². The molecule has 0 aliphatic carbocycles. The van der Waals surface area contributed by atoms with Gasteiger partial charge in [0.15, 0.2) is 0 Å². The first-order valence-corrected chi connectivity index (χ1v) is 5.17. The molecule has 0 saturated carbocycles. The van der Waals surface area contributed by atoms with Crippen LogP contribution in [0.15, 0.2) is 24.3 Å². The minimum atomic E-state index is 1.17. The van der Waals surface area contributed by atoms with Crippen LogP contribution >= 0.6 is 0 Å². The molecule has 1 aromatic heterocycles. The molecular formula is C12H14N2. The van der Waals surface area contributed by atoms with Crippen molar-refractivity contribution >= 4 is 16.7 Å². The largest absolute Gasteiger partial charge is 0.361 e. The highest BCUT2D eigenvalue weighted by Gasteiger charge is 2.17. The number of aryl methyl sites for hydroxylation is 1. The topological polar surface area (TPSA) is 19.0 Å². The van der Waals surface area contributed by atoms with Gasteiger partial charge in [0, 0.05) is 30.1 Å². The van der Waals surface area contributed by atoms with Crippen molar-refractivity contribution < 1.29 is 0 Å². The molecule has 2 nitrogen and oxygen atoms in total. The lowest BCUT2D eigenvalue weighted by molar-refractivity contribution is 0.742. The first-order valence-electron chi connectivity index (χ1n) is 5.17. The van der Waals surface area contributed by atoms with Gasteiger partial charge in [-0.25, -0.2) is 0 Å². The van der Waals surface area contributed by atoms with Gasteiger partial charge in [-0.2, -0.15) is 0 Å². The molecule has 2 heterocycles. The Hall–Kier alpha value is -1.44. The second-order valence-corrected chi connectivity index (χ2v) is 4.02. The summed E-state index contributed by atoms with van der Waals surface area (Å²) in [5.41, 5.74) is 2.76. The Morgan fingerprint density at radius 2 is 2.14 bits per heavy atom.